The Morgan fingerprint density at radius 2 is 2.21 bits per heavy atom. The summed E-state index contributed by atoms with van der Waals surface area (Å²) in [6, 6.07) is 9.82. The van der Waals surface area contributed by atoms with Crippen molar-refractivity contribution in [1.29, 1.82) is 0 Å². The van der Waals surface area contributed by atoms with Crippen LogP contribution in [0.3, 0.4) is 0 Å². The first-order chi connectivity index (χ1) is 9.20. The van der Waals surface area contributed by atoms with Crippen LogP contribution in [0.4, 0.5) is 0 Å². The van der Waals surface area contributed by atoms with E-state index in [2.05, 4.69) is 17.6 Å². The molecule has 1 fully saturated rings. The van der Waals surface area contributed by atoms with Crippen LogP contribution in [0.15, 0.2) is 30.3 Å². The van der Waals surface area contributed by atoms with E-state index in [4.69, 9.17) is 0 Å². The second-order valence-electron chi connectivity index (χ2n) is 5.11. The van der Waals surface area contributed by atoms with E-state index >= 15 is 0 Å². The van der Waals surface area contributed by atoms with E-state index in [1.807, 2.05) is 30.3 Å². The number of β-amino-alcohol motifs (C(OH)–C–C–N with tert-alkyl or cyclic N) is 1. The van der Waals surface area contributed by atoms with Crippen LogP contribution in [0, 0.1) is 0 Å². The first kappa shape index (κ1) is 14.0. The molecule has 1 aliphatic rings. The maximum Gasteiger partial charge on any atom is 0.237 e. The van der Waals surface area contributed by atoms with Crippen molar-refractivity contribution in [3.8, 4) is 0 Å². The van der Waals surface area contributed by atoms with Gasteiger partial charge in [0.05, 0.1) is 18.2 Å². The number of nitrogens with one attached hydrogen (secondary N) is 2. The number of amides is 1. The molecule has 0 saturated carbocycles. The van der Waals surface area contributed by atoms with Crippen molar-refractivity contribution in [3.63, 3.8) is 0 Å². The fourth-order valence-electron chi connectivity index (χ4n) is 2.49. The van der Waals surface area contributed by atoms with Gasteiger partial charge in [0.25, 0.3) is 0 Å². The molecule has 0 bridgehead atoms. The summed E-state index contributed by atoms with van der Waals surface area (Å²) in [6.45, 7) is 2.61. The van der Waals surface area contributed by atoms with Crippen LogP contribution >= 0.6 is 0 Å². The van der Waals surface area contributed by atoms with Crippen LogP contribution in [-0.2, 0) is 4.79 Å². The third kappa shape index (κ3) is 3.78. The fourth-order valence-corrected chi connectivity index (χ4v) is 2.49. The van der Waals surface area contributed by atoms with Gasteiger partial charge in [-0.1, -0.05) is 43.7 Å². The zero-order valence-electron chi connectivity index (χ0n) is 11.3. The van der Waals surface area contributed by atoms with Crippen LogP contribution in [0.25, 0.3) is 0 Å². The Kier molecular flexibility index (Phi) is 4.93. The molecule has 1 aromatic carbocycles. The molecule has 4 heteroatoms. The normalized spacial score (nSPS) is 24.1. The van der Waals surface area contributed by atoms with Crippen molar-refractivity contribution in [1.82, 2.24) is 10.6 Å². The molecule has 2 rings (SSSR count). The zero-order chi connectivity index (χ0) is 13.7. The highest BCUT2D eigenvalue weighted by Gasteiger charge is 2.29. The number of aliphatic hydroxyl groups is 1. The summed E-state index contributed by atoms with van der Waals surface area (Å²) >= 11 is 0. The van der Waals surface area contributed by atoms with Gasteiger partial charge < -0.3 is 15.7 Å². The summed E-state index contributed by atoms with van der Waals surface area (Å²) in [4.78, 5) is 12.2. The zero-order valence-corrected chi connectivity index (χ0v) is 11.3. The number of carbonyl (C=O) groups is 1. The molecule has 1 aromatic rings. The first-order valence-electron chi connectivity index (χ1n) is 6.97. The lowest BCUT2D eigenvalue weighted by molar-refractivity contribution is -0.123. The van der Waals surface area contributed by atoms with Crippen LogP contribution in [0.1, 0.15) is 37.8 Å². The molecular weight excluding hydrogens is 240 g/mol. The summed E-state index contributed by atoms with van der Waals surface area (Å²) in [6.07, 6.45) is 2.03. The molecule has 1 saturated heterocycles. The number of hydrogen-bond donors (Lipinski definition) is 3. The Hall–Kier alpha value is -1.39. The van der Waals surface area contributed by atoms with E-state index in [9.17, 15) is 9.90 Å². The Morgan fingerprint density at radius 3 is 2.79 bits per heavy atom. The highest BCUT2D eigenvalue weighted by atomic mass is 16.3. The van der Waals surface area contributed by atoms with Crippen LogP contribution in [-0.4, -0.2) is 29.7 Å². The fraction of sp³-hybridized carbons (Fsp3) is 0.533. The Balaban J connectivity index is 1.99. The number of hydrogen-bond acceptors (Lipinski definition) is 3. The average Bonchev–Trinajstić information content (AvgIpc) is 2.86. The lowest BCUT2D eigenvalue weighted by Gasteiger charge is -2.21. The molecule has 1 aliphatic heterocycles. The first-order valence-corrected chi connectivity index (χ1v) is 6.97. The summed E-state index contributed by atoms with van der Waals surface area (Å²) < 4.78 is 0. The summed E-state index contributed by atoms with van der Waals surface area (Å²) in [5, 5.41) is 15.6. The molecule has 104 valence electrons. The van der Waals surface area contributed by atoms with E-state index in [0.717, 1.165) is 18.4 Å². The predicted octanol–water partition coefficient (Wildman–Crippen LogP) is 1.37. The Bertz CT molecular complexity index is 408. The van der Waals surface area contributed by atoms with Gasteiger partial charge in [0.1, 0.15) is 0 Å². The smallest absolute Gasteiger partial charge is 0.237 e. The molecule has 19 heavy (non-hydrogen) atoms. The van der Waals surface area contributed by atoms with Crippen molar-refractivity contribution in [3.05, 3.63) is 35.9 Å². The minimum absolute atomic E-state index is 0.0150. The molecule has 0 aliphatic carbocycles. The van der Waals surface area contributed by atoms with Gasteiger partial charge in [-0.05, 0) is 18.4 Å². The SMILES string of the molecule is CCCC(NC(=O)C1CC(O)CN1)c1ccccc1. The highest BCUT2D eigenvalue weighted by Crippen LogP contribution is 2.19. The van der Waals surface area contributed by atoms with Gasteiger partial charge >= 0.3 is 0 Å². The average molecular weight is 262 g/mol. The molecule has 0 spiro atoms. The minimum atomic E-state index is -0.405. The Labute approximate surface area is 114 Å². The second-order valence-corrected chi connectivity index (χ2v) is 5.11. The molecule has 0 aromatic heterocycles. The third-order valence-electron chi connectivity index (χ3n) is 3.52. The van der Waals surface area contributed by atoms with Crippen LogP contribution in [0.2, 0.25) is 0 Å². The monoisotopic (exact) mass is 262 g/mol. The van der Waals surface area contributed by atoms with Gasteiger partial charge in [-0.3, -0.25) is 4.79 Å². The van der Waals surface area contributed by atoms with Gasteiger partial charge in [0, 0.05) is 6.54 Å². The van der Waals surface area contributed by atoms with Crippen LogP contribution in [0.5, 0.6) is 0 Å². The number of carbonyl (C=O) groups excluding carboxylic acids is 1. The molecule has 3 unspecified atom stereocenters. The second kappa shape index (κ2) is 6.68. The molecule has 4 nitrogen and oxygen atoms in total. The topological polar surface area (TPSA) is 61.4 Å². The lowest BCUT2D eigenvalue weighted by atomic mass is 10.0. The molecule has 3 atom stereocenters. The lowest BCUT2D eigenvalue weighted by Crippen LogP contribution is -2.42. The van der Waals surface area contributed by atoms with E-state index in [1.165, 1.54) is 0 Å². The molecule has 0 radical (unpaired) electrons. The molecule has 3 N–H and O–H groups in total. The van der Waals surface area contributed by atoms with E-state index in [1.54, 1.807) is 0 Å². The van der Waals surface area contributed by atoms with Crippen molar-refractivity contribution in [2.24, 2.45) is 0 Å². The van der Waals surface area contributed by atoms with Gasteiger partial charge in [0.15, 0.2) is 0 Å². The van der Waals surface area contributed by atoms with E-state index in [-0.39, 0.29) is 18.0 Å². The van der Waals surface area contributed by atoms with Gasteiger partial charge in [-0.2, -0.15) is 0 Å². The summed E-state index contributed by atoms with van der Waals surface area (Å²) in [5.41, 5.74) is 1.14. The van der Waals surface area contributed by atoms with Gasteiger partial charge in [-0.15, -0.1) is 0 Å². The van der Waals surface area contributed by atoms with Gasteiger partial charge in [-0.25, -0.2) is 0 Å². The minimum Gasteiger partial charge on any atom is -0.392 e. The standard InChI is InChI=1S/C15H22N2O2/c1-2-6-13(11-7-4-3-5-8-11)17-15(19)14-9-12(18)10-16-14/h3-5,7-8,12-14,16,18H,2,6,9-10H2,1H3,(H,17,19). The largest absolute Gasteiger partial charge is 0.392 e. The van der Waals surface area contributed by atoms with Crippen LogP contribution < -0.4 is 10.6 Å². The third-order valence-corrected chi connectivity index (χ3v) is 3.52. The maximum absolute atomic E-state index is 12.2. The van der Waals surface area contributed by atoms with E-state index in [0.29, 0.717) is 13.0 Å². The van der Waals surface area contributed by atoms with Crippen molar-refractivity contribution in [2.75, 3.05) is 6.54 Å². The molecule has 1 heterocycles. The molecular formula is C15H22N2O2. The molecule has 1 amide bonds. The quantitative estimate of drug-likeness (QED) is 0.751. The predicted molar refractivity (Wildman–Crippen MR) is 74.6 cm³/mol. The van der Waals surface area contributed by atoms with Crippen molar-refractivity contribution < 1.29 is 9.90 Å². The number of rotatable bonds is 5. The van der Waals surface area contributed by atoms with Gasteiger partial charge in [0.2, 0.25) is 5.91 Å². The van der Waals surface area contributed by atoms with Crippen molar-refractivity contribution in [2.45, 2.75) is 44.4 Å². The summed E-state index contributed by atoms with van der Waals surface area (Å²) in [7, 11) is 0. The maximum atomic E-state index is 12.2. The highest BCUT2D eigenvalue weighted by molar-refractivity contribution is 5.82. The number of benzene rings is 1. The van der Waals surface area contributed by atoms with E-state index < -0.39 is 6.10 Å². The Morgan fingerprint density at radius 1 is 1.47 bits per heavy atom. The summed E-state index contributed by atoms with van der Waals surface area (Å²) in [5.74, 6) is -0.0150. The number of aliphatic hydroxyl groups excluding tert-OH is 1. The van der Waals surface area contributed by atoms with Crippen molar-refractivity contribution >= 4 is 5.91 Å².